The molecule has 0 saturated heterocycles. The second-order valence-corrected chi connectivity index (χ2v) is 17.5. The summed E-state index contributed by atoms with van der Waals surface area (Å²) < 4.78 is 18.4. The van der Waals surface area contributed by atoms with Crippen molar-refractivity contribution >= 4 is 35.1 Å². The molecule has 0 bridgehead atoms. The van der Waals surface area contributed by atoms with Gasteiger partial charge in [-0.25, -0.2) is 4.79 Å². The minimum absolute atomic E-state index is 0.144. The molecule has 1 amide bonds. The maximum atomic E-state index is 14.3. The SMILES string of the molecule is CN(C(=O)OC(C)(C)C)c1ccc(C2(C(=O)COc3ccc(Cc4sc(=O)[nH]c4O)cc3)C=CC=N2)c(Oc2cc(C(C)(C)C)c(O)cc2C(C)(C)C)c1. The number of hydrogen-bond acceptors (Lipinski definition) is 10. The van der Waals surface area contributed by atoms with Crippen molar-refractivity contribution < 1.29 is 34.0 Å². The first-order valence-corrected chi connectivity index (χ1v) is 18.4. The molecule has 1 unspecified atom stereocenters. The molecule has 0 fully saturated rings. The zero-order chi connectivity index (χ0) is 39.8. The molecule has 0 saturated carbocycles. The number of aromatic amines is 1. The molecule has 5 rings (SSSR count). The van der Waals surface area contributed by atoms with Crippen molar-refractivity contribution in [2.75, 3.05) is 18.6 Å². The monoisotopic (exact) mass is 755 g/mol. The van der Waals surface area contributed by atoms with Gasteiger partial charge in [-0.1, -0.05) is 65.0 Å². The molecular formula is C42H49N3O8S. The van der Waals surface area contributed by atoms with Crippen LogP contribution < -0.4 is 19.2 Å². The number of allylic oxidation sites excluding steroid dienone is 1. The summed E-state index contributed by atoms with van der Waals surface area (Å²) in [5.41, 5.74) is 0.0306. The van der Waals surface area contributed by atoms with Gasteiger partial charge in [-0.05, 0) is 85.7 Å². The molecule has 1 aliphatic rings. The van der Waals surface area contributed by atoms with E-state index in [0.29, 0.717) is 39.6 Å². The molecule has 4 aromatic rings. The zero-order valence-corrected chi connectivity index (χ0v) is 33.3. The summed E-state index contributed by atoms with van der Waals surface area (Å²) in [5, 5.41) is 21.1. The standard InChI is InChI=1S/C42H49N3O8S/c1-39(2,3)29-23-33(30(22-31(29)46)40(4,5)6)52-32-21-26(45(10)38(50)53-41(7,8)9)14-17-28(32)42(18-11-19-43-42)35(47)24-51-27-15-12-25(13-16-27)20-34-36(48)44-37(49)54-34/h11-19,21-23,46,48H,20,24H2,1-10H3,(H,44,49). The number of rotatable bonds is 10. The highest BCUT2D eigenvalue weighted by Gasteiger charge is 2.42. The first-order valence-electron chi connectivity index (χ1n) is 17.6. The molecular weight excluding hydrogens is 707 g/mol. The summed E-state index contributed by atoms with van der Waals surface area (Å²) in [6.45, 7) is 17.1. The smallest absolute Gasteiger partial charge is 0.414 e. The fourth-order valence-corrected chi connectivity index (χ4v) is 6.75. The van der Waals surface area contributed by atoms with Crippen molar-refractivity contribution in [3.05, 3.63) is 104 Å². The van der Waals surface area contributed by atoms with Gasteiger partial charge in [0.15, 0.2) is 5.54 Å². The molecule has 1 aromatic heterocycles. The lowest BCUT2D eigenvalue weighted by Crippen LogP contribution is -2.36. The van der Waals surface area contributed by atoms with Gasteiger partial charge in [0.25, 0.3) is 0 Å². The average molecular weight is 756 g/mol. The second-order valence-electron chi connectivity index (χ2n) is 16.4. The summed E-state index contributed by atoms with van der Waals surface area (Å²) in [7, 11) is 1.60. The van der Waals surface area contributed by atoms with Crippen LogP contribution in [0.1, 0.15) is 89.4 Å². The number of aromatic nitrogens is 1. The average Bonchev–Trinajstić information content (AvgIpc) is 3.69. The Morgan fingerprint density at radius 2 is 1.56 bits per heavy atom. The molecule has 1 aliphatic heterocycles. The molecule has 12 heteroatoms. The summed E-state index contributed by atoms with van der Waals surface area (Å²) in [6.07, 6.45) is 4.73. The predicted molar refractivity (Wildman–Crippen MR) is 212 cm³/mol. The van der Waals surface area contributed by atoms with Crippen molar-refractivity contribution in [2.45, 2.75) is 90.7 Å². The number of thiazole rings is 1. The van der Waals surface area contributed by atoms with E-state index in [1.807, 2.05) is 47.6 Å². The summed E-state index contributed by atoms with van der Waals surface area (Å²) in [6, 6.07) is 15.7. The van der Waals surface area contributed by atoms with Crippen LogP contribution in [-0.2, 0) is 32.3 Å². The summed E-state index contributed by atoms with van der Waals surface area (Å²) in [4.78, 5) is 47.7. The fourth-order valence-electron chi connectivity index (χ4n) is 5.99. The predicted octanol–water partition coefficient (Wildman–Crippen LogP) is 8.68. The fraction of sp³-hybridized carbons (Fsp3) is 0.381. The van der Waals surface area contributed by atoms with Crippen LogP contribution in [-0.4, -0.2) is 52.5 Å². The van der Waals surface area contributed by atoms with Crippen LogP contribution in [0.3, 0.4) is 0 Å². The number of aromatic hydroxyl groups is 2. The number of amides is 1. The maximum absolute atomic E-state index is 14.3. The van der Waals surface area contributed by atoms with Crippen molar-refractivity contribution in [3.63, 3.8) is 0 Å². The Kier molecular flexibility index (Phi) is 10.9. The Hall–Kier alpha value is -5.36. The Morgan fingerprint density at radius 3 is 2.11 bits per heavy atom. The molecule has 0 aliphatic carbocycles. The Bertz CT molecular complexity index is 2150. The molecule has 2 heterocycles. The highest BCUT2D eigenvalue weighted by atomic mass is 32.1. The van der Waals surface area contributed by atoms with E-state index in [1.165, 1.54) is 4.90 Å². The second kappa shape index (κ2) is 14.8. The molecule has 0 spiro atoms. The zero-order valence-electron chi connectivity index (χ0n) is 32.5. The first kappa shape index (κ1) is 39.8. The van der Waals surface area contributed by atoms with E-state index in [1.54, 1.807) is 94.7 Å². The van der Waals surface area contributed by atoms with E-state index in [-0.39, 0.29) is 34.6 Å². The van der Waals surface area contributed by atoms with Gasteiger partial charge in [0.2, 0.25) is 11.7 Å². The van der Waals surface area contributed by atoms with Crippen LogP contribution in [0.25, 0.3) is 0 Å². The number of nitrogens with one attached hydrogen (secondary N) is 1. The molecule has 3 N–H and O–H groups in total. The van der Waals surface area contributed by atoms with Crippen LogP contribution in [0.15, 0.2) is 76.5 Å². The number of carbonyl (C=O) groups excluding carboxylic acids is 2. The van der Waals surface area contributed by atoms with Crippen LogP contribution in [0.5, 0.6) is 28.9 Å². The number of aliphatic imine (C=N–C) groups is 1. The lowest BCUT2D eigenvalue weighted by Gasteiger charge is -2.30. The topological polar surface area (TPSA) is 151 Å². The Morgan fingerprint density at radius 1 is 0.889 bits per heavy atom. The number of anilines is 1. The quantitative estimate of drug-likeness (QED) is 0.146. The Balaban J connectivity index is 1.53. The van der Waals surface area contributed by atoms with E-state index < -0.39 is 28.1 Å². The van der Waals surface area contributed by atoms with Gasteiger partial charge in [-0.2, -0.15) is 0 Å². The van der Waals surface area contributed by atoms with E-state index in [0.717, 1.165) is 22.5 Å². The maximum Gasteiger partial charge on any atom is 0.414 e. The number of hydrogen-bond donors (Lipinski definition) is 3. The van der Waals surface area contributed by atoms with Crippen molar-refractivity contribution in [1.29, 1.82) is 0 Å². The van der Waals surface area contributed by atoms with Gasteiger partial charge in [0, 0.05) is 42.4 Å². The van der Waals surface area contributed by atoms with Gasteiger partial charge < -0.3 is 24.4 Å². The molecule has 11 nitrogen and oxygen atoms in total. The van der Waals surface area contributed by atoms with Crippen molar-refractivity contribution in [2.24, 2.45) is 4.99 Å². The molecule has 286 valence electrons. The van der Waals surface area contributed by atoms with Crippen LogP contribution in [0.2, 0.25) is 0 Å². The van der Waals surface area contributed by atoms with Crippen molar-refractivity contribution in [3.8, 4) is 28.9 Å². The number of ketones is 1. The van der Waals surface area contributed by atoms with E-state index >= 15 is 0 Å². The third-order valence-corrected chi connectivity index (χ3v) is 9.72. The van der Waals surface area contributed by atoms with Crippen LogP contribution >= 0.6 is 11.3 Å². The number of nitrogens with zero attached hydrogens (tertiary/aromatic N) is 2. The Labute approximate surface area is 319 Å². The minimum Gasteiger partial charge on any atom is -0.508 e. The lowest BCUT2D eigenvalue weighted by molar-refractivity contribution is -0.124. The van der Waals surface area contributed by atoms with Gasteiger partial charge in [-0.3, -0.25) is 24.5 Å². The van der Waals surface area contributed by atoms with E-state index in [9.17, 15) is 24.6 Å². The van der Waals surface area contributed by atoms with Crippen LogP contribution in [0.4, 0.5) is 10.5 Å². The number of Topliss-reactive ketones (excluding diaryl/α,β-unsaturated/α-hetero) is 1. The summed E-state index contributed by atoms with van der Waals surface area (Å²) >= 11 is 0.946. The van der Waals surface area contributed by atoms with Gasteiger partial charge >= 0.3 is 11.0 Å². The third-order valence-electron chi connectivity index (χ3n) is 8.85. The highest BCUT2D eigenvalue weighted by molar-refractivity contribution is 7.09. The molecule has 1 atom stereocenters. The molecule has 54 heavy (non-hydrogen) atoms. The largest absolute Gasteiger partial charge is 0.508 e. The molecule has 0 radical (unpaired) electrons. The van der Waals surface area contributed by atoms with Gasteiger partial charge in [-0.15, -0.1) is 0 Å². The first-order chi connectivity index (χ1) is 25.1. The number of ether oxygens (including phenoxy) is 3. The van der Waals surface area contributed by atoms with Crippen LogP contribution in [0, 0.1) is 0 Å². The summed E-state index contributed by atoms with van der Waals surface area (Å²) in [5.74, 6) is 0.838. The van der Waals surface area contributed by atoms with Crippen molar-refractivity contribution in [1.82, 2.24) is 4.98 Å². The normalized spacial score (nSPS) is 15.7. The third kappa shape index (κ3) is 8.87. The van der Waals surface area contributed by atoms with E-state index in [4.69, 9.17) is 14.2 Å². The number of benzene rings is 3. The van der Waals surface area contributed by atoms with E-state index in [2.05, 4.69) is 9.98 Å². The number of carbonyl (C=O) groups is 2. The lowest BCUT2D eigenvalue weighted by atomic mass is 9.80. The highest BCUT2D eigenvalue weighted by Crippen LogP contribution is 2.46. The minimum atomic E-state index is -1.52. The number of phenols is 1. The number of H-pyrrole nitrogens is 1. The van der Waals surface area contributed by atoms with Gasteiger partial charge in [0.05, 0.1) is 10.6 Å². The van der Waals surface area contributed by atoms with Gasteiger partial charge in [0.1, 0.15) is 35.2 Å². The number of phenolic OH excluding ortho intramolecular Hbond substituents is 1. The molecule has 3 aromatic carbocycles.